The minimum atomic E-state index is -0.0842. The van der Waals surface area contributed by atoms with Crippen molar-refractivity contribution in [3.8, 4) is 0 Å². The van der Waals surface area contributed by atoms with Crippen LogP contribution in [0.2, 0.25) is 0 Å². The van der Waals surface area contributed by atoms with Gasteiger partial charge in [-0.3, -0.25) is 4.79 Å². The molecule has 0 N–H and O–H groups in total. The largest absolute Gasteiger partial charge is 0.294 e. The van der Waals surface area contributed by atoms with E-state index in [-0.39, 0.29) is 5.78 Å². The molecule has 1 aromatic rings. The quantitative estimate of drug-likeness (QED) is 0.623. The second kappa shape index (κ2) is 4.05. The summed E-state index contributed by atoms with van der Waals surface area (Å²) in [6, 6.07) is 7.65. The molecule has 1 radical (unpaired) electrons. The van der Waals surface area contributed by atoms with Crippen LogP contribution in [0.5, 0.6) is 0 Å². The monoisotopic (exact) mass is 161 g/mol. The predicted molar refractivity (Wildman–Crippen MR) is 50.1 cm³/mol. The van der Waals surface area contributed by atoms with E-state index in [4.69, 9.17) is 0 Å². The first kappa shape index (κ1) is 8.98. The summed E-state index contributed by atoms with van der Waals surface area (Å²) in [7, 11) is 0. The average Bonchev–Trinajstić information content (AvgIpc) is 2.05. The Morgan fingerprint density at radius 3 is 2.67 bits per heavy atom. The molecule has 0 atom stereocenters. The third-order valence-electron chi connectivity index (χ3n) is 1.84. The van der Waals surface area contributed by atoms with Crippen LogP contribution in [-0.2, 0) is 6.42 Å². The summed E-state index contributed by atoms with van der Waals surface area (Å²) in [5.41, 5.74) is 1.87. The second-order valence-corrected chi connectivity index (χ2v) is 2.83. The van der Waals surface area contributed by atoms with E-state index >= 15 is 0 Å². The topological polar surface area (TPSA) is 17.1 Å². The fourth-order valence-electron chi connectivity index (χ4n) is 1.28. The molecule has 0 saturated carbocycles. The number of rotatable bonds is 3. The van der Waals surface area contributed by atoms with Gasteiger partial charge in [0.05, 0.1) is 0 Å². The Morgan fingerprint density at radius 2 is 2.08 bits per heavy atom. The molecule has 0 aliphatic rings. The number of aryl methyl sites for hydroxylation is 1. The molecule has 0 bridgehead atoms. The number of ketones is 1. The molecule has 0 heterocycles. The lowest BCUT2D eigenvalue weighted by molar-refractivity contribution is 0.104. The molecule has 0 unspecified atom stereocenters. The standard InChI is InChI=1S/C11H13O/c1-3-6-10-7-4-5-8-11(10)9(2)12/h4-5,7-8H,2-3,6H2,1H3. The van der Waals surface area contributed by atoms with E-state index in [9.17, 15) is 4.79 Å². The summed E-state index contributed by atoms with van der Waals surface area (Å²) in [6.45, 7) is 5.51. The van der Waals surface area contributed by atoms with Crippen molar-refractivity contribution in [2.24, 2.45) is 0 Å². The number of carbonyl (C=O) groups is 1. The number of benzene rings is 1. The lowest BCUT2D eigenvalue weighted by Crippen LogP contribution is -1.98. The van der Waals surface area contributed by atoms with Gasteiger partial charge in [-0.25, -0.2) is 0 Å². The number of hydrogen-bond donors (Lipinski definition) is 0. The zero-order valence-electron chi connectivity index (χ0n) is 7.34. The first-order valence-electron chi connectivity index (χ1n) is 4.20. The smallest absolute Gasteiger partial charge is 0.163 e. The summed E-state index contributed by atoms with van der Waals surface area (Å²) < 4.78 is 0. The van der Waals surface area contributed by atoms with E-state index < -0.39 is 0 Å². The molecule has 0 aliphatic heterocycles. The van der Waals surface area contributed by atoms with Crippen LogP contribution in [0.1, 0.15) is 29.3 Å². The lowest BCUT2D eigenvalue weighted by Gasteiger charge is -2.03. The summed E-state index contributed by atoms with van der Waals surface area (Å²) in [4.78, 5) is 11.0. The Balaban J connectivity index is 3.00. The molecule has 63 valence electrons. The Morgan fingerprint density at radius 1 is 1.42 bits per heavy atom. The zero-order chi connectivity index (χ0) is 8.97. The van der Waals surface area contributed by atoms with Gasteiger partial charge in [0.1, 0.15) is 0 Å². The van der Waals surface area contributed by atoms with E-state index in [0.29, 0.717) is 0 Å². The normalized spacial score (nSPS) is 9.83. The van der Waals surface area contributed by atoms with Gasteiger partial charge in [0.15, 0.2) is 5.78 Å². The highest BCUT2D eigenvalue weighted by atomic mass is 16.1. The second-order valence-electron chi connectivity index (χ2n) is 2.83. The fourth-order valence-corrected chi connectivity index (χ4v) is 1.28. The van der Waals surface area contributed by atoms with Crippen LogP contribution in [0, 0.1) is 6.92 Å². The highest BCUT2D eigenvalue weighted by Crippen LogP contribution is 2.11. The highest BCUT2D eigenvalue weighted by molar-refractivity contribution is 6.00. The SMILES string of the molecule is [CH2]C(=O)c1ccccc1CCC. The van der Waals surface area contributed by atoms with Crippen LogP contribution in [-0.4, -0.2) is 5.78 Å². The molecule has 0 saturated heterocycles. The van der Waals surface area contributed by atoms with Gasteiger partial charge in [0.2, 0.25) is 0 Å². The molecular weight excluding hydrogens is 148 g/mol. The van der Waals surface area contributed by atoms with Crippen LogP contribution in [0.25, 0.3) is 0 Å². The van der Waals surface area contributed by atoms with Crippen LogP contribution in [0.4, 0.5) is 0 Å². The van der Waals surface area contributed by atoms with Crippen LogP contribution in [0.15, 0.2) is 24.3 Å². The van der Waals surface area contributed by atoms with Crippen molar-refractivity contribution >= 4 is 5.78 Å². The predicted octanol–water partition coefficient (Wildman–Crippen LogP) is 2.66. The van der Waals surface area contributed by atoms with E-state index in [2.05, 4.69) is 13.8 Å². The van der Waals surface area contributed by atoms with E-state index in [0.717, 1.165) is 24.0 Å². The van der Waals surface area contributed by atoms with Gasteiger partial charge < -0.3 is 0 Å². The molecule has 12 heavy (non-hydrogen) atoms. The summed E-state index contributed by atoms with van der Waals surface area (Å²) in [6.07, 6.45) is 2.02. The van der Waals surface area contributed by atoms with Crippen LogP contribution < -0.4 is 0 Å². The highest BCUT2D eigenvalue weighted by Gasteiger charge is 2.03. The third-order valence-corrected chi connectivity index (χ3v) is 1.84. The Kier molecular flexibility index (Phi) is 3.03. The van der Waals surface area contributed by atoms with Crippen molar-refractivity contribution in [2.75, 3.05) is 0 Å². The van der Waals surface area contributed by atoms with Crippen molar-refractivity contribution < 1.29 is 4.79 Å². The maximum absolute atomic E-state index is 11.0. The molecule has 0 fully saturated rings. The molecular formula is C11H13O. The Labute approximate surface area is 73.4 Å². The number of hydrogen-bond acceptors (Lipinski definition) is 1. The van der Waals surface area contributed by atoms with Gasteiger partial charge in [0, 0.05) is 12.5 Å². The van der Waals surface area contributed by atoms with Gasteiger partial charge in [-0.1, -0.05) is 37.6 Å². The lowest BCUT2D eigenvalue weighted by atomic mass is 10.0. The average molecular weight is 161 g/mol. The van der Waals surface area contributed by atoms with Gasteiger partial charge in [0.25, 0.3) is 0 Å². The molecule has 0 aliphatic carbocycles. The fraction of sp³-hybridized carbons (Fsp3) is 0.273. The van der Waals surface area contributed by atoms with Crippen molar-refractivity contribution in [3.05, 3.63) is 42.3 Å². The van der Waals surface area contributed by atoms with Gasteiger partial charge in [-0.2, -0.15) is 0 Å². The maximum atomic E-state index is 11.0. The summed E-state index contributed by atoms with van der Waals surface area (Å²) >= 11 is 0. The first-order valence-corrected chi connectivity index (χ1v) is 4.20. The summed E-state index contributed by atoms with van der Waals surface area (Å²) in [5, 5.41) is 0. The molecule has 1 nitrogen and oxygen atoms in total. The van der Waals surface area contributed by atoms with Gasteiger partial charge >= 0.3 is 0 Å². The van der Waals surface area contributed by atoms with Crippen LogP contribution in [0.3, 0.4) is 0 Å². The van der Waals surface area contributed by atoms with Crippen molar-refractivity contribution in [1.82, 2.24) is 0 Å². The van der Waals surface area contributed by atoms with E-state index in [1.165, 1.54) is 0 Å². The van der Waals surface area contributed by atoms with Crippen molar-refractivity contribution in [3.63, 3.8) is 0 Å². The van der Waals surface area contributed by atoms with Crippen molar-refractivity contribution in [1.29, 1.82) is 0 Å². The van der Waals surface area contributed by atoms with E-state index in [1.54, 1.807) is 0 Å². The minimum Gasteiger partial charge on any atom is -0.294 e. The molecule has 1 heteroatoms. The Hall–Kier alpha value is -1.11. The molecule has 0 amide bonds. The van der Waals surface area contributed by atoms with Gasteiger partial charge in [-0.05, 0) is 12.0 Å². The summed E-state index contributed by atoms with van der Waals surface area (Å²) in [5.74, 6) is -0.0842. The minimum absolute atomic E-state index is 0.0842. The molecule has 0 spiro atoms. The Bertz CT molecular complexity index is 276. The van der Waals surface area contributed by atoms with E-state index in [1.807, 2.05) is 24.3 Å². The number of carbonyl (C=O) groups excluding carboxylic acids is 1. The third kappa shape index (κ3) is 1.94. The zero-order valence-corrected chi connectivity index (χ0v) is 7.34. The van der Waals surface area contributed by atoms with Gasteiger partial charge in [-0.15, -0.1) is 0 Å². The van der Waals surface area contributed by atoms with Crippen molar-refractivity contribution in [2.45, 2.75) is 19.8 Å². The molecule has 1 aromatic carbocycles. The molecule has 1 rings (SSSR count). The maximum Gasteiger partial charge on any atom is 0.163 e. The van der Waals surface area contributed by atoms with Crippen LogP contribution >= 0.6 is 0 Å². The number of Topliss-reactive ketones (excluding diaryl/α,β-unsaturated/α-hetero) is 1. The first-order chi connectivity index (χ1) is 5.75. The molecule has 0 aromatic heterocycles.